The highest BCUT2D eigenvalue weighted by atomic mass is 35.5. The Morgan fingerprint density at radius 2 is 2.29 bits per heavy atom. The molecular formula is C11H11ClO5. The summed E-state index contributed by atoms with van der Waals surface area (Å²) in [5.41, 5.74) is 0.439. The van der Waals surface area contributed by atoms with Crippen LogP contribution in [0.5, 0.6) is 17.2 Å². The SMILES string of the molecule is CC(Cc1cc2c(c(Cl)c1O)OCO2)C(=O)O. The first-order chi connectivity index (χ1) is 8.00. The topological polar surface area (TPSA) is 76.0 Å². The van der Waals surface area contributed by atoms with E-state index in [2.05, 4.69) is 0 Å². The van der Waals surface area contributed by atoms with Gasteiger partial charge in [0.05, 0.1) is 5.92 Å². The van der Waals surface area contributed by atoms with Crippen LogP contribution in [0.2, 0.25) is 5.02 Å². The minimum atomic E-state index is -0.932. The van der Waals surface area contributed by atoms with Gasteiger partial charge in [-0.2, -0.15) is 0 Å². The molecule has 0 spiro atoms. The summed E-state index contributed by atoms with van der Waals surface area (Å²) < 4.78 is 10.2. The van der Waals surface area contributed by atoms with Crippen LogP contribution in [0.15, 0.2) is 6.07 Å². The summed E-state index contributed by atoms with van der Waals surface area (Å²) in [6.07, 6.45) is 0.178. The number of phenolic OH excluding ortho intramolecular Hbond substituents is 1. The largest absolute Gasteiger partial charge is 0.506 e. The molecule has 5 nitrogen and oxygen atoms in total. The van der Waals surface area contributed by atoms with Crippen molar-refractivity contribution in [1.29, 1.82) is 0 Å². The van der Waals surface area contributed by atoms with Crippen LogP contribution in [-0.4, -0.2) is 23.0 Å². The highest BCUT2D eigenvalue weighted by Crippen LogP contribution is 2.46. The molecule has 1 heterocycles. The van der Waals surface area contributed by atoms with E-state index in [-0.39, 0.29) is 24.0 Å². The van der Waals surface area contributed by atoms with E-state index in [9.17, 15) is 9.90 Å². The summed E-state index contributed by atoms with van der Waals surface area (Å²) >= 11 is 5.90. The summed E-state index contributed by atoms with van der Waals surface area (Å²) in [6, 6.07) is 1.56. The molecule has 6 heteroatoms. The second-order valence-corrected chi connectivity index (χ2v) is 4.25. The molecule has 0 radical (unpaired) electrons. The lowest BCUT2D eigenvalue weighted by Gasteiger charge is -2.11. The second-order valence-electron chi connectivity index (χ2n) is 3.88. The molecule has 0 aromatic heterocycles. The minimum Gasteiger partial charge on any atom is -0.506 e. The number of ether oxygens (including phenoxy) is 2. The van der Waals surface area contributed by atoms with Crippen LogP contribution in [0.1, 0.15) is 12.5 Å². The summed E-state index contributed by atoms with van der Waals surface area (Å²) in [5, 5.41) is 18.7. The van der Waals surface area contributed by atoms with Crippen LogP contribution in [0, 0.1) is 5.92 Å². The maximum atomic E-state index is 10.8. The number of aromatic hydroxyl groups is 1. The molecule has 2 rings (SSSR count). The van der Waals surface area contributed by atoms with Crippen LogP contribution in [-0.2, 0) is 11.2 Å². The number of carbonyl (C=O) groups is 1. The number of carboxylic acids is 1. The number of phenols is 1. The molecule has 0 amide bonds. The highest BCUT2D eigenvalue weighted by Gasteiger charge is 2.24. The molecule has 0 aliphatic carbocycles. The maximum Gasteiger partial charge on any atom is 0.306 e. The molecular weight excluding hydrogens is 248 g/mol. The molecule has 2 N–H and O–H groups in total. The first-order valence-corrected chi connectivity index (χ1v) is 5.41. The lowest BCUT2D eigenvalue weighted by Crippen LogP contribution is -2.12. The van der Waals surface area contributed by atoms with Crippen molar-refractivity contribution in [2.24, 2.45) is 5.92 Å². The molecule has 1 atom stereocenters. The molecule has 0 fully saturated rings. The van der Waals surface area contributed by atoms with Crippen molar-refractivity contribution in [3.8, 4) is 17.2 Å². The predicted molar refractivity (Wildman–Crippen MR) is 59.7 cm³/mol. The smallest absolute Gasteiger partial charge is 0.306 e. The van der Waals surface area contributed by atoms with Crippen molar-refractivity contribution < 1.29 is 24.5 Å². The Hall–Kier alpha value is -1.62. The Labute approximate surface area is 103 Å². The van der Waals surface area contributed by atoms with Crippen LogP contribution in [0.25, 0.3) is 0 Å². The van der Waals surface area contributed by atoms with Crippen molar-refractivity contribution in [2.75, 3.05) is 6.79 Å². The minimum absolute atomic E-state index is 0.0480. The van der Waals surface area contributed by atoms with Gasteiger partial charge in [0, 0.05) is 5.56 Å². The number of hydrogen-bond donors (Lipinski definition) is 2. The molecule has 1 aromatic rings. The Bertz CT molecular complexity index is 471. The monoisotopic (exact) mass is 258 g/mol. The van der Waals surface area contributed by atoms with Gasteiger partial charge < -0.3 is 19.7 Å². The van der Waals surface area contributed by atoms with Gasteiger partial charge in [-0.25, -0.2) is 0 Å². The quantitative estimate of drug-likeness (QED) is 0.868. The van der Waals surface area contributed by atoms with Crippen molar-refractivity contribution in [1.82, 2.24) is 0 Å². The number of aliphatic carboxylic acids is 1. The molecule has 1 aliphatic heterocycles. The van der Waals surface area contributed by atoms with Gasteiger partial charge >= 0.3 is 5.97 Å². The summed E-state index contributed by atoms with van der Waals surface area (Å²) in [4.78, 5) is 10.8. The molecule has 92 valence electrons. The zero-order valence-corrected chi connectivity index (χ0v) is 9.82. The number of halogens is 1. The van der Waals surface area contributed by atoms with Gasteiger partial charge in [0.15, 0.2) is 11.5 Å². The van der Waals surface area contributed by atoms with E-state index in [0.717, 1.165) is 0 Å². The lowest BCUT2D eigenvalue weighted by atomic mass is 10.00. The third-order valence-corrected chi connectivity index (χ3v) is 2.96. The Kier molecular flexibility index (Phi) is 3.02. The third kappa shape index (κ3) is 2.10. The fraction of sp³-hybridized carbons (Fsp3) is 0.364. The summed E-state index contributed by atoms with van der Waals surface area (Å²) in [6.45, 7) is 1.60. The normalized spacial score (nSPS) is 14.7. The van der Waals surface area contributed by atoms with E-state index in [4.69, 9.17) is 26.2 Å². The van der Waals surface area contributed by atoms with Gasteiger partial charge in [-0.15, -0.1) is 0 Å². The fourth-order valence-electron chi connectivity index (χ4n) is 1.62. The van der Waals surface area contributed by atoms with Crippen LogP contribution < -0.4 is 9.47 Å². The van der Waals surface area contributed by atoms with E-state index in [1.54, 1.807) is 13.0 Å². The van der Waals surface area contributed by atoms with Gasteiger partial charge in [0.25, 0.3) is 0 Å². The predicted octanol–water partition coefficient (Wildman–Crippen LogP) is 2.04. The average molecular weight is 259 g/mol. The van der Waals surface area contributed by atoms with E-state index in [1.165, 1.54) is 0 Å². The maximum absolute atomic E-state index is 10.8. The van der Waals surface area contributed by atoms with Crippen LogP contribution in [0.3, 0.4) is 0 Å². The number of benzene rings is 1. The first-order valence-electron chi connectivity index (χ1n) is 5.03. The standard InChI is InChI=1S/C11H11ClO5/c1-5(11(14)15)2-6-3-7-10(17-4-16-7)8(12)9(6)13/h3,5,13H,2,4H2,1H3,(H,14,15). The van der Waals surface area contributed by atoms with E-state index < -0.39 is 11.9 Å². The Balaban J connectivity index is 2.36. The zero-order valence-electron chi connectivity index (χ0n) is 9.07. The number of rotatable bonds is 3. The Morgan fingerprint density at radius 1 is 1.59 bits per heavy atom. The molecule has 1 aliphatic rings. The van der Waals surface area contributed by atoms with Gasteiger partial charge in [0.2, 0.25) is 6.79 Å². The van der Waals surface area contributed by atoms with Gasteiger partial charge in [-0.05, 0) is 12.5 Å². The average Bonchev–Trinajstić information content (AvgIpc) is 2.73. The highest BCUT2D eigenvalue weighted by molar-refractivity contribution is 6.34. The van der Waals surface area contributed by atoms with Gasteiger partial charge in [-0.1, -0.05) is 18.5 Å². The van der Waals surface area contributed by atoms with Gasteiger partial charge in [-0.3, -0.25) is 4.79 Å². The zero-order chi connectivity index (χ0) is 12.6. The van der Waals surface area contributed by atoms with Crippen molar-refractivity contribution in [3.63, 3.8) is 0 Å². The molecule has 1 unspecified atom stereocenters. The summed E-state index contributed by atoms with van der Waals surface area (Å²) in [7, 11) is 0. The van der Waals surface area contributed by atoms with Crippen LogP contribution >= 0.6 is 11.6 Å². The van der Waals surface area contributed by atoms with E-state index >= 15 is 0 Å². The second kappa shape index (κ2) is 4.33. The molecule has 1 aromatic carbocycles. The third-order valence-electron chi connectivity index (χ3n) is 2.61. The molecule has 0 saturated carbocycles. The summed E-state index contributed by atoms with van der Waals surface area (Å²) in [5.74, 6) is -0.962. The molecule has 0 bridgehead atoms. The fourth-order valence-corrected chi connectivity index (χ4v) is 1.88. The van der Waals surface area contributed by atoms with E-state index in [1.807, 2.05) is 0 Å². The van der Waals surface area contributed by atoms with Crippen molar-refractivity contribution in [3.05, 3.63) is 16.7 Å². The number of carboxylic acid groups (broad SMARTS) is 1. The Morgan fingerprint density at radius 3 is 2.94 bits per heavy atom. The van der Waals surface area contributed by atoms with Crippen molar-refractivity contribution >= 4 is 17.6 Å². The molecule has 17 heavy (non-hydrogen) atoms. The number of hydrogen-bond acceptors (Lipinski definition) is 4. The number of fused-ring (bicyclic) bond motifs is 1. The van der Waals surface area contributed by atoms with Crippen molar-refractivity contribution in [2.45, 2.75) is 13.3 Å². The van der Waals surface area contributed by atoms with E-state index in [0.29, 0.717) is 17.1 Å². The molecule has 0 saturated heterocycles. The first kappa shape index (κ1) is 11.9. The lowest BCUT2D eigenvalue weighted by molar-refractivity contribution is -0.141. The van der Waals surface area contributed by atoms with Gasteiger partial charge in [0.1, 0.15) is 10.8 Å². The van der Waals surface area contributed by atoms with Crippen LogP contribution in [0.4, 0.5) is 0 Å².